The van der Waals surface area contributed by atoms with Crippen molar-refractivity contribution in [2.75, 3.05) is 18.5 Å². The Morgan fingerprint density at radius 1 is 1.00 bits per heavy atom. The Hall–Kier alpha value is -2.82. The molecule has 1 aliphatic carbocycles. The minimum Gasteiger partial charge on any atom is -0.482 e. The molecule has 5 heteroatoms. The van der Waals surface area contributed by atoms with E-state index in [1.807, 2.05) is 50.2 Å². The molecule has 3 rings (SSSR count). The number of ether oxygens (including phenoxy) is 2. The van der Waals surface area contributed by atoms with E-state index in [1.54, 1.807) is 0 Å². The highest BCUT2D eigenvalue weighted by Crippen LogP contribution is 2.26. The lowest BCUT2D eigenvalue weighted by Gasteiger charge is -2.10. The zero-order valence-electron chi connectivity index (χ0n) is 15.1. The fourth-order valence-corrected chi connectivity index (χ4v) is 3.02. The fraction of sp³-hybridized carbons (Fsp3) is 0.333. The number of fused-ring (bicyclic) bond motifs is 1. The number of carbonyl (C=O) groups is 2. The largest absolute Gasteiger partial charge is 0.482 e. The number of rotatable bonds is 6. The molecule has 2 aromatic carbocycles. The van der Waals surface area contributed by atoms with Crippen molar-refractivity contribution in [1.29, 1.82) is 0 Å². The quantitative estimate of drug-likeness (QED) is 0.809. The van der Waals surface area contributed by atoms with Crippen LogP contribution in [-0.4, -0.2) is 25.1 Å². The summed E-state index contributed by atoms with van der Waals surface area (Å²) >= 11 is 0. The monoisotopic (exact) mass is 353 g/mol. The number of anilines is 1. The lowest BCUT2D eigenvalue weighted by molar-refractivity contribution is -0.149. The van der Waals surface area contributed by atoms with Crippen LogP contribution >= 0.6 is 0 Å². The molecule has 5 nitrogen and oxygen atoms in total. The normalized spacial score (nSPS) is 12.4. The molecule has 2 aromatic rings. The maximum absolute atomic E-state index is 12.0. The molecule has 0 atom stereocenters. The topological polar surface area (TPSA) is 64.6 Å². The average molecular weight is 353 g/mol. The first kappa shape index (κ1) is 18.0. The van der Waals surface area contributed by atoms with Crippen LogP contribution in [0, 0.1) is 13.8 Å². The molecule has 26 heavy (non-hydrogen) atoms. The van der Waals surface area contributed by atoms with Gasteiger partial charge in [0, 0.05) is 5.69 Å². The van der Waals surface area contributed by atoms with Crippen LogP contribution in [0.3, 0.4) is 0 Å². The van der Waals surface area contributed by atoms with Crippen molar-refractivity contribution in [3.8, 4) is 5.75 Å². The van der Waals surface area contributed by atoms with Crippen LogP contribution in [0.5, 0.6) is 5.75 Å². The summed E-state index contributed by atoms with van der Waals surface area (Å²) < 4.78 is 10.5. The highest BCUT2D eigenvalue weighted by molar-refractivity contribution is 5.93. The highest BCUT2D eigenvalue weighted by Gasteiger charge is 2.13. The van der Waals surface area contributed by atoms with Gasteiger partial charge in [-0.3, -0.25) is 4.79 Å². The molecule has 0 spiro atoms. The van der Waals surface area contributed by atoms with Crippen LogP contribution in [0.1, 0.15) is 28.7 Å². The van der Waals surface area contributed by atoms with E-state index >= 15 is 0 Å². The van der Waals surface area contributed by atoms with E-state index in [0.29, 0.717) is 5.75 Å². The fourth-order valence-electron chi connectivity index (χ4n) is 3.02. The van der Waals surface area contributed by atoms with Crippen molar-refractivity contribution in [3.05, 3.63) is 58.7 Å². The van der Waals surface area contributed by atoms with Crippen molar-refractivity contribution >= 4 is 17.6 Å². The first-order chi connectivity index (χ1) is 12.5. The second-order valence-electron chi connectivity index (χ2n) is 6.60. The maximum atomic E-state index is 12.0. The number of esters is 1. The molecule has 0 bridgehead atoms. The summed E-state index contributed by atoms with van der Waals surface area (Å²) in [5, 5.41) is 2.75. The van der Waals surface area contributed by atoms with E-state index in [2.05, 4.69) is 5.32 Å². The second kappa shape index (κ2) is 8.04. The van der Waals surface area contributed by atoms with Crippen molar-refractivity contribution < 1.29 is 19.1 Å². The number of amides is 1. The van der Waals surface area contributed by atoms with E-state index < -0.39 is 5.97 Å². The summed E-state index contributed by atoms with van der Waals surface area (Å²) in [6.07, 6.45) is 3.32. The van der Waals surface area contributed by atoms with Crippen molar-refractivity contribution in [1.82, 2.24) is 0 Å². The first-order valence-corrected chi connectivity index (χ1v) is 8.78. The van der Waals surface area contributed by atoms with Gasteiger partial charge < -0.3 is 14.8 Å². The molecule has 136 valence electrons. The van der Waals surface area contributed by atoms with Gasteiger partial charge in [0.05, 0.1) is 0 Å². The summed E-state index contributed by atoms with van der Waals surface area (Å²) in [5.41, 5.74) is 5.35. The van der Waals surface area contributed by atoms with Gasteiger partial charge in [0.25, 0.3) is 5.91 Å². The Kier molecular flexibility index (Phi) is 5.56. The van der Waals surface area contributed by atoms with E-state index in [0.717, 1.165) is 36.1 Å². The van der Waals surface area contributed by atoms with Crippen molar-refractivity contribution in [2.24, 2.45) is 0 Å². The summed E-state index contributed by atoms with van der Waals surface area (Å²) in [4.78, 5) is 23.8. The van der Waals surface area contributed by atoms with Gasteiger partial charge in [0.15, 0.2) is 13.2 Å². The minimum absolute atomic E-state index is 0.213. The lowest BCUT2D eigenvalue weighted by atomic mass is 10.1. The third kappa shape index (κ3) is 4.63. The Morgan fingerprint density at radius 3 is 2.65 bits per heavy atom. The van der Waals surface area contributed by atoms with E-state index in [1.165, 1.54) is 11.1 Å². The molecule has 0 aromatic heterocycles. The molecular weight excluding hydrogens is 330 g/mol. The van der Waals surface area contributed by atoms with Gasteiger partial charge in [-0.25, -0.2) is 4.79 Å². The van der Waals surface area contributed by atoms with Crippen LogP contribution in [0.2, 0.25) is 0 Å². The van der Waals surface area contributed by atoms with Gasteiger partial charge in [0.1, 0.15) is 5.75 Å². The molecule has 1 amide bonds. The Balaban J connectivity index is 1.43. The van der Waals surface area contributed by atoms with Gasteiger partial charge in [0.2, 0.25) is 0 Å². The number of aryl methyl sites for hydroxylation is 4. The zero-order valence-corrected chi connectivity index (χ0v) is 15.1. The van der Waals surface area contributed by atoms with E-state index in [9.17, 15) is 9.59 Å². The molecule has 0 radical (unpaired) electrons. The number of hydrogen-bond acceptors (Lipinski definition) is 4. The van der Waals surface area contributed by atoms with Gasteiger partial charge in [-0.1, -0.05) is 18.2 Å². The summed E-state index contributed by atoms with van der Waals surface area (Å²) in [7, 11) is 0. The predicted molar refractivity (Wildman–Crippen MR) is 99.5 cm³/mol. The standard InChI is InChI=1S/C21H23NO4/c1-14-6-7-15(2)19(10-14)22-20(23)12-26-21(24)13-25-18-9-8-16-4-3-5-17(16)11-18/h6-11H,3-5,12-13H2,1-2H3,(H,22,23). The second-order valence-corrected chi connectivity index (χ2v) is 6.60. The lowest BCUT2D eigenvalue weighted by Crippen LogP contribution is -2.24. The molecular formula is C21H23NO4. The Bertz CT molecular complexity index is 829. The highest BCUT2D eigenvalue weighted by atomic mass is 16.6. The predicted octanol–water partition coefficient (Wildman–Crippen LogP) is 3.35. The summed E-state index contributed by atoms with van der Waals surface area (Å²) in [5.74, 6) is -0.284. The average Bonchev–Trinajstić information content (AvgIpc) is 3.09. The van der Waals surface area contributed by atoms with Gasteiger partial charge in [-0.2, -0.15) is 0 Å². The third-order valence-electron chi connectivity index (χ3n) is 4.46. The maximum Gasteiger partial charge on any atom is 0.344 e. The van der Waals surface area contributed by atoms with Crippen LogP contribution in [-0.2, 0) is 27.2 Å². The molecule has 0 aliphatic heterocycles. The third-order valence-corrected chi connectivity index (χ3v) is 4.46. The molecule has 0 heterocycles. The van der Waals surface area contributed by atoms with E-state index in [-0.39, 0.29) is 19.1 Å². The Morgan fingerprint density at radius 2 is 1.81 bits per heavy atom. The zero-order chi connectivity index (χ0) is 18.5. The number of nitrogens with one attached hydrogen (secondary N) is 1. The van der Waals surface area contributed by atoms with Gasteiger partial charge in [-0.15, -0.1) is 0 Å². The smallest absolute Gasteiger partial charge is 0.344 e. The summed E-state index contributed by atoms with van der Waals surface area (Å²) in [6, 6.07) is 11.7. The van der Waals surface area contributed by atoms with Crippen molar-refractivity contribution in [3.63, 3.8) is 0 Å². The molecule has 0 saturated carbocycles. The minimum atomic E-state index is -0.568. The van der Waals surface area contributed by atoms with Crippen LogP contribution in [0.25, 0.3) is 0 Å². The first-order valence-electron chi connectivity index (χ1n) is 8.78. The number of hydrogen-bond donors (Lipinski definition) is 1. The molecule has 1 aliphatic rings. The SMILES string of the molecule is Cc1ccc(C)c(NC(=O)COC(=O)COc2ccc3c(c2)CCC3)c1. The molecule has 0 fully saturated rings. The molecule has 0 saturated heterocycles. The summed E-state index contributed by atoms with van der Waals surface area (Å²) in [6.45, 7) is 3.31. The van der Waals surface area contributed by atoms with Crippen LogP contribution in [0.15, 0.2) is 36.4 Å². The van der Waals surface area contributed by atoms with Crippen LogP contribution < -0.4 is 10.1 Å². The van der Waals surface area contributed by atoms with E-state index in [4.69, 9.17) is 9.47 Å². The van der Waals surface area contributed by atoms with Gasteiger partial charge >= 0.3 is 5.97 Å². The molecule has 0 unspecified atom stereocenters. The van der Waals surface area contributed by atoms with Gasteiger partial charge in [-0.05, 0) is 73.6 Å². The van der Waals surface area contributed by atoms with Crippen molar-refractivity contribution in [2.45, 2.75) is 33.1 Å². The molecule has 1 N–H and O–H groups in total. The van der Waals surface area contributed by atoms with Crippen LogP contribution in [0.4, 0.5) is 5.69 Å². The number of benzene rings is 2. The Labute approximate surface area is 153 Å². The number of carbonyl (C=O) groups excluding carboxylic acids is 2.